The number of amides is 1. The fourth-order valence-corrected chi connectivity index (χ4v) is 3.24. The molecule has 0 aromatic carbocycles. The second-order valence-electron chi connectivity index (χ2n) is 5.14. The van der Waals surface area contributed by atoms with Gasteiger partial charge in [-0.15, -0.1) is 11.3 Å². The van der Waals surface area contributed by atoms with Gasteiger partial charge in [-0.05, 0) is 37.4 Å². The fraction of sp³-hybridized carbons (Fsp3) is 0.692. The van der Waals surface area contributed by atoms with Crippen molar-refractivity contribution in [2.45, 2.75) is 45.6 Å². The van der Waals surface area contributed by atoms with E-state index < -0.39 is 0 Å². The number of carbonyl (C=O) groups excluding carboxylic acids is 1. The first kappa shape index (κ1) is 13.9. The van der Waals surface area contributed by atoms with Crippen LogP contribution in [0.3, 0.4) is 0 Å². The van der Waals surface area contributed by atoms with Crippen LogP contribution in [-0.4, -0.2) is 16.6 Å². The molecule has 0 spiro atoms. The Hall–Kier alpha value is -0.550. The molecule has 1 aliphatic carbocycles. The number of thiazole rings is 1. The number of aryl methyl sites for hydroxylation is 1. The Bertz CT molecular complexity index is 426. The molecule has 0 radical (unpaired) electrons. The normalized spacial score (nSPS) is 18.4. The number of rotatable bonds is 6. The number of nitrogens with zero attached hydrogens (tertiary/aromatic N) is 1. The van der Waals surface area contributed by atoms with Crippen molar-refractivity contribution in [1.29, 1.82) is 0 Å². The monoisotopic (exact) mass is 284 g/mol. The lowest BCUT2D eigenvalue weighted by Crippen LogP contribution is -2.29. The number of aromatic nitrogens is 1. The van der Waals surface area contributed by atoms with Gasteiger partial charge in [0.05, 0.1) is 6.04 Å². The van der Waals surface area contributed by atoms with E-state index in [2.05, 4.69) is 29.9 Å². The Morgan fingerprint density at radius 2 is 2.39 bits per heavy atom. The molecule has 1 unspecified atom stereocenters. The highest BCUT2D eigenvalue weighted by molar-refractivity contribution is 7.80. The summed E-state index contributed by atoms with van der Waals surface area (Å²) in [6.45, 7) is 4.11. The summed E-state index contributed by atoms with van der Waals surface area (Å²) in [6, 6.07) is 0.0125. The van der Waals surface area contributed by atoms with E-state index >= 15 is 0 Å². The van der Waals surface area contributed by atoms with E-state index in [1.807, 2.05) is 13.1 Å². The first-order valence-electron chi connectivity index (χ1n) is 6.43. The predicted molar refractivity (Wildman–Crippen MR) is 78.2 cm³/mol. The van der Waals surface area contributed by atoms with Gasteiger partial charge in [0.25, 0.3) is 0 Å². The molecular formula is C13H20N2OS2. The first-order valence-corrected chi connectivity index (χ1v) is 7.88. The van der Waals surface area contributed by atoms with E-state index in [9.17, 15) is 4.79 Å². The van der Waals surface area contributed by atoms with Gasteiger partial charge >= 0.3 is 0 Å². The Morgan fingerprint density at radius 3 is 2.89 bits per heavy atom. The van der Waals surface area contributed by atoms with Crippen molar-refractivity contribution in [2.75, 3.05) is 5.75 Å². The number of nitrogens with one attached hydrogen (secondary N) is 1. The van der Waals surface area contributed by atoms with Crippen molar-refractivity contribution in [2.24, 2.45) is 5.41 Å². The highest BCUT2D eigenvalue weighted by atomic mass is 32.1. The lowest BCUT2D eigenvalue weighted by atomic mass is 10.0. The number of hydrogen-bond acceptors (Lipinski definition) is 4. The summed E-state index contributed by atoms with van der Waals surface area (Å²) in [5.41, 5.74) is 0.185. The van der Waals surface area contributed by atoms with E-state index in [-0.39, 0.29) is 17.4 Å². The molecule has 1 saturated carbocycles. The second-order valence-corrected chi connectivity index (χ2v) is 6.61. The van der Waals surface area contributed by atoms with E-state index in [4.69, 9.17) is 0 Å². The highest BCUT2D eigenvalue weighted by Crippen LogP contribution is 2.49. The lowest BCUT2D eigenvalue weighted by molar-refractivity contribution is -0.122. The summed E-state index contributed by atoms with van der Waals surface area (Å²) >= 11 is 6.01. The summed E-state index contributed by atoms with van der Waals surface area (Å²) in [7, 11) is 0. The summed E-state index contributed by atoms with van der Waals surface area (Å²) < 4.78 is 0. The fourth-order valence-electron chi connectivity index (χ4n) is 1.95. The molecule has 0 saturated heterocycles. The summed E-state index contributed by atoms with van der Waals surface area (Å²) in [5.74, 6) is 0.939. The molecule has 1 aromatic rings. The van der Waals surface area contributed by atoms with Crippen LogP contribution in [0.2, 0.25) is 0 Å². The van der Waals surface area contributed by atoms with Crippen molar-refractivity contribution in [3.63, 3.8) is 0 Å². The number of carbonyl (C=O) groups is 1. The third-order valence-corrected chi connectivity index (χ3v) is 5.49. The van der Waals surface area contributed by atoms with Crippen LogP contribution in [0.5, 0.6) is 0 Å². The summed E-state index contributed by atoms with van der Waals surface area (Å²) in [6.07, 6.45) is 5.78. The zero-order valence-electron chi connectivity index (χ0n) is 10.9. The molecule has 5 heteroatoms. The van der Waals surface area contributed by atoms with Crippen LogP contribution in [0.25, 0.3) is 0 Å². The average molecular weight is 284 g/mol. The topological polar surface area (TPSA) is 42.0 Å². The minimum absolute atomic E-state index is 0.0125. The lowest BCUT2D eigenvalue weighted by Gasteiger charge is -2.15. The zero-order valence-corrected chi connectivity index (χ0v) is 12.6. The average Bonchev–Trinajstić information content (AvgIpc) is 2.94. The van der Waals surface area contributed by atoms with Crippen LogP contribution in [0.15, 0.2) is 6.20 Å². The largest absolute Gasteiger partial charge is 0.347 e. The quantitative estimate of drug-likeness (QED) is 0.789. The first-order chi connectivity index (χ1) is 8.58. The van der Waals surface area contributed by atoms with E-state index in [0.717, 1.165) is 30.0 Å². The molecule has 1 heterocycles. The van der Waals surface area contributed by atoms with Gasteiger partial charge in [-0.25, -0.2) is 4.98 Å². The SMILES string of the molecule is CCc1cnc(C(C)NC(=O)CC2(CS)CC2)s1. The van der Waals surface area contributed by atoms with Gasteiger partial charge in [0, 0.05) is 17.5 Å². The van der Waals surface area contributed by atoms with Crippen LogP contribution in [0.4, 0.5) is 0 Å². The predicted octanol–water partition coefficient (Wildman–Crippen LogP) is 2.98. The van der Waals surface area contributed by atoms with Crippen LogP contribution in [0.1, 0.15) is 49.0 Å². The van der Waals surface area contributed by atoms with Gasteiger partial charge in [-0.3, -0.25) is 4.79 Å². The van der Waals surface area contributed by atoms with Crippen molar-refractivity contribution >= 4 is 29.9 Å². The minimum atomic E-state index is 0.0125. The Kier molecular flexibility index (Phi) is 4.33. The third kappa shape index (κ3) is 3.26. The molecule has 0 bridgehead atoms. The van der Waals surface area contributed by atoms with Crippen LogP contribution >= 0.6 is 24.0 Å². The summed E-state index contributed by atoms with van der Waals surface area (Å²) in [4.78, 5) is 17.6. The van der Waals surface area contributed by atoms with Crippen LogP contribution in [0, 0.1) is 5.41 Å². The number of thiol groups is 1. The Morgan fingerprint density at radius 1 is 1.67 bits per heavy atom. The molecule has 1 aromatic heterocycles. The van der Waals surface area contributed by atoms with Gasteiger partial charge in [-0.1, -0.05) is 6.92 Å². The maximum absolute atomic E-state index is 11.9. The van der Waals surface area contributed by atoms with Crippen LogP contribution in [-0.2, 0) is 11.2 Å². The highest BCUT2D eigenvalue weighted by Gasteiger charge is 2.43. The molecule has 1 aliphatic rings. The molecule has 1 N–H and O–H groups in total. The third-order valence-electron chi connectivity index (χ3n) is 3.50. The second kappa shape index (κ2) is 5.61. The smallest absolute Gasteiger partial charge is 0.221 e. The molecule has 0 aliphatic heterocycles. The van der Waals surface area contributed by atoms with Crippen molar-refractivity contribution in [3.8, 4) is 0 Å². The van der Waals surface area contributed by atoms with Gasteiger partial charge in [0.2, 0.25) is 5.91 Å². The van der Waals surface area contributed by atoms with Crippen molar-refractivity contribution in [3.05, 3.63) is 16.1 Å². The van der Waals surface area contributed by atoms with Crippen molar-refractivity contribution < 1.29 is 4.79 Å². The molecular weight excluding hydrogens is 264 g/mol. The summed E-state index contributed by atoms with van der Waals surface area (Å²) in [5, 5.41) is 4.04. The van der Waals surface area contributed by atoms with Gasteiger partial charge in [0.1, 0.15) is 5.01 Å². The maximum atomic E-state index is 11.9. The van der Waals surface area contributed by atoms with E-state index in [0.29, 0.717) is 6.42 Å². The molecule has 18 heavy (non-hydrogen) atoms. The van der Waals surface area contributed by atoms with E-state index in [1.54, 1.807) is 11.3 Å². The van der Waals surface area contributed by atoms with Gasteiger partial charge in [0.15, 0.2) is 0 Å². The Labute approximate surface area is 118 Å². The van der Waals surface area contributed by atoms with Gasteiger partial charge < -0.3 is 5.32 Å². The molecule has 1 fully saturated rings. The minimum Gasteiger partial charge on any atom is -0.347 e. The van der Waals surface area contributed by atoms with Crippen molar-refractivity contribution in [1.82, 2.24) is 10.3 Å². The standard InChI is InChI=1S/C13H20N2OS2/c1-3-10-7-14-12(18-10)9(2)15-11(16)6-13(8-17)4-5-13/h7,9,17H,3-6,8H2,1-2H3,(H,15,16). The number of hydrogen-bond donors (Lipinski definition) is 2. The molecule has 1 amide bonds. The maximum Gasteiger partial charge on any atom is 0.221 e. The molecule has 3 nitrogen and oxygen atoms in total. The molecule has 1 atom stereocenters. The van der Waals surface area contributed by atoms with E-state index in [1.165, 1.54) is 4.88 Å². The Balaban J connectivity index is 1.86. The molecule has 2 rings (SSSR count). The zero-order chi connectivity index (χ0) is 13.2. The molecule has 100 valence electrons. The van der Waals surface area contributed by atoms with Crippen LogP contribution < -0.4 is 5.32 Å². The van der Waals surface area contributed by atoms with Gasteiger partial charge in [-0.2, -0.15) is 12.6 Å².